The Hall–Kier alpha value is -1.73. The summed E-state index contributed by atoms with van der Waals surface area (Å²) in [6.45, 7) is 2.44. The maximum Gasteiger partial charge on any atom is 0.460 e. The monoisotopic (exact) mass is 510 g/mol. The molecule has 192 valence electrons. The van der Waals surface area contributed by atoms with E-state index in [0.717, 1.165) is 6.07 Å². The number of aryl methyl sites for hydroxylation is 1. The van der Waals surface area contributed by atoms with Crippen molar-refractivity contribution in [2.45, 2.75) is 74.5 Å². The van der Waals surface area contributed by atoms with Gasteiger partial charge in [0, 0.05) is 7.11 Å². The largest absolute Gasteiger partial charge is 0.460 e. The van der Waals surface area contributed by atoms with Crippen LogP contribution in [0.4, 0.5) is 57.1 Å². The van der Waals surface area contributed by atoms with E-state index >= 15 is 0 Å². The number of benzene rings is 1. The summed E-state index contributed by atoms with van der Waals surface area (Å²) >= 11 is 0. The fourth-order valence-corrected chi connectivity index (χ4v) is 2.97. The van der Waals surface area contributed by atoms with Crippen LogP contribution < -0.4 is 0 Å². The zero-order valence-electron chi connectivity index (χ0n) is 17.3. The van der Waals surface area contributed by atoms with Crippen molar-refractivity contribution in [1.29, 1.82) is 0 Å². The molecule has 0 bridgehead atoms. The fraction of sp³-hybridized carbons (Fsp3) is 0.684. The van der Waals surface area contributed by atoms with Crippen LogP contribution in [0.25, 0.3) is 0 Å². The van der Waals surface area contributed by atoms with E-state index in [-0.39, 0.29) is 5.56 Å². The molecule has 1 rings (SSSR count). The molecule has 0 aliphatic carbocycles. The summed E-state index contributed by atoms with van der Waals surface area (Å²) < 4.78 is 178. The molecule has 0 heterocycles. The molecule has 1 aromatic rings. The number of hydrogen-bond donors (Lipinski definition) is 0. The Bertz CT molecular complexity index is 816. The number of rotatable bonds is 10. The van der Waals surface area contributed by atoms with E-state index in [4.69, 9.17) is 4.74 Å². The summed E-state index contributed by atoms with van der Waals surface area (Å²) in [5.74, 6) is -37.1. The molecular formula is C19H19F13O. The first-order valence-electron chi connectivity index (χ1n) is 9.16. The van der Waals surface area contributed by atoms with E-state index in [0.29, 0.717) is 32.4 Å². The van der Waals surface area contributed by atoms with Crippen molar-refractivity contribution in [2.24, 2.45) is 0 Å². The lowest BCUT2D eigenvalue weighted by atomic mass is 9.83. The van der Waals surface area contributed by atoms with Crippen LogP contribution in [0, 0.1) is 0 Å². The Kier molecular flexibility index (Phi) is 7.82. The zero-order chi connectivity index (χ0) is 26.3. The highest BCUT2D eigenvalue weighted by molar-refractivity contribution is 5.29. The lowest BCUT2D eigenvalue weighted by Crippen LogP contribution is -2.70. The summed E-state index contributed by atoms with van der Waals surface area (Å²) in [5, 5.41) is 0. The second-order valence-corrected chi connectivity index (χ2v) is 7.56. The lowest BCUT2D eigenvalue weighted by Gasteiger charge is -2.42. The van der Waals surface area contributed by atoms with Gasteiger partial charge in [0.15, 0.2) is 0 Å². The molecule has 0 fully saturated rings. The van der Waals surface area contributed by atoms with Gasteiger partial charge in [-0.2, -0.15) is 57.1 Å². The highest BCUT2D eigenvalue weighted by Crippen LogP contribution is 2.61. The molecule has 14 heteroatoms. The lowest BCUT2D eigenvalue weighted by molar-refractivity contribution is -0.441. The van der Waals surface area contributed by atoms with Crippen LogP contribution in [0.1, 0.15) is 37.8 Å². The molecule has 1 nitrogen and oxygen atoms in total. The van der Waals surface area contributed by atoms with Crippen molar-refractivity contribution in [2.75, 3.05) is 7.11 Å². The maximum absolute atomic E-state index is 14.4. The minimum atomic E-state index is -7.92. The van der Waals surface area contributed by atoms with Crippen LogP contribution in [0.2, 0.25) is 0 Å². The Morgan fingerprint density at radius 2 is 1.21 bits per heavy atom. The van der Waals surface area contributed by atoms with Crippen molar-refractivity contribution < 1.29 is 61.8 Å². The standard InChI is InChI=1S/C19H19F13O/c1-4-6-11-7-5-8-12(9-11)13(2,33-3)10-14(20,21)15(22,23)16(24,25)17(26,27)18(28,29)19(30,31)32/h5,7-9H,4,6,10H2,1-3H3. The fourth-order valence-electron chi connectivity index (χ4n) is 2.97. The number of alkyl halides is 13. The highest BCUT2D eigenvalue weighted by Gasteiger charge is 2.90. The molecule has 0 radical (unpaired) electrons. The zero-order valence-corrected chi connectivity index (χ0v) is 17.3. The van der Waals surface area contributed by atoms with Crippen LogP contribution in [-0.4, -0.2) is 42.9 Å². The van der Waals surface area contributed by atoms with E-state index in [2.05, 4.69) is 0 Å². The van der Waals surface area contributed by atoms with Crippen molar-refractivity contribution >= 4 is 0 Å². The van der Waals surface area contributed by atoms with Crippen LogP contribution in [0.5, 0.6) is 0 Å². The molecule has 0 spiro atoms. The first-order valence-corrected chi connectivity index (χ1v) is 9.16. The average Bonchev–Trinajstić information content (AvgIpc) is 2.66. The maximum atomic E-state index is 14.4. The Labute approximate surface area is 179 Å². The first kappa shape index (κ1) is 29.3. The van der Waals surface area contributed by atoms with Gasteiger partial charge in [0.2, 0.25) is 0 Å². The molecule has 0 aromatic heterocycles. The van der Waals surface area contributed by atoms with Gasteiger partial charge in [0.1, 0.15) is 0 Å². The Morgan fingerprint density at radius 1 is 0.727 bits per heavy atom. The summed E-state index contributed by atoms with van der Waals surface area (Å²) in [4.78, 5) is 0. The molecule has 0 saturated heterocycles. The molecule has 1 aromatic carbocycles. The smallest absolute Gasteiger partial charge is 0.374 e. The van der Waals surface area contributed by atoms with Crippen LogP contribution in [0.3, 0.4) is 0 Å². The summed E-state index contributed by atoms with van der Waals surface area (Å²) in [7, 11) is 0.700. The molecule has 1 atom stereocenters. The third kappa shape index (κ3) is 4.76. The molecule has 0 amide bonds. The minimum absolute atomic E-state index is 0.276. The second kappa shape index (κ2) is 8.81. The third-order valence-corrected chi connectivity index (χ3v) is 5.08. The van der Waals surface area contributed by atoms with Gasteiger partial charge in [-0.15, -0.1) is 0 Å². The van der Waals surface area contributed by atoms with Crippen molar-refractivity contribution in [3.05, 3.63) is 35.4 Å². The second-order valence-electron chi connectivity index (χ2n) is 7.56. The van der Waals surface area contributed by atoms with E-state index < -0.39 is 47.8 Å². The quantitative estimate of drug-likeness (QED) is 0.294. The topological polar surface area (TPSA) is 9.23 Å². The van der Waals surface area contributed by atoms with Crippen LogP contribution in [-0.2, 0) is 16.8 Å². The SMILES string of the molecule is CCCc1cccc(C(C)(CC(F)(F)C(F)(F)C(F)(F)C(F)(F)C(F)(F)C(F)(F)F)OC)c1. The van der Waals surface area contributed by atoms with Crippen LogP contribution >= 0.6 is 0 Å². The summed E-state index contributed by atoms with van der Waals surface area (Å²) in [5.41, 5.74) is -2.34. The molecule has 1 unspecified atom stereocenters. The van der Waals surface area contributed by atoms with Gasteiger partial charge in [-0.05, 0) is 24.5 Å². The third-order valence-electron chi connectivity index (χ3n) is 5.08. The van der Waals surface area contributed by atoms with E-state index in [9.17, 15) is 57.1 Å². The Morgan fingerprint density at radius 3 is 1.64 bits per heavy atom. The van der Waals surface area contributed by atoms with Gasteiger partial charge >= 0.3 is 35.8 Å². The highest BCUT2D eigenvalue weighted by atomic mass is 19.4. The average molecular weight is 510 g/mol. The Balaban J connectivity index is 3.51. The summed E-state index contributed by atoms with van der Waals surface area (Å²) in [6.07, 6.45) is -8.97. The molecule has 0 N–H and O–H groups in total. The number of halogens is 13. The van der Waals surface area contributed by atoms with Crippen molar-refractivity contribution in [3.63, 3.8) is 0 Å². The normalized spacial score (nSPS) is 16.6. The predicted octanol–water partition coefficient (Wildman–Crippen LogP) is 7.63. The summed E-state index contributed by atoms with van der Waals surface area (Å²) in [6, 6.07) is 5.04. The van der Waals surface area contributed by atoms with Gasteiger partial charge in [0.05, 0.1) is 12.0 Å². The first-order chi connectivity index (χ1) is 14.6. The number of ether oxygens (including phenoxy) is 1. The molecule has 0 aliphatic rings. The van der Waals surface area contributed by atoms with Gasteiger partial charge in [-0.25, -0.2) is 0 Å². The van der Waals surface area contributed by atoms with Gasteiger partial charge in [0.25, 0.3) is 0 Å². The molecule has 0 saturated carbocycles. The van der Waals surface area contributed by atoms with Crippen molar-refractivity contribution in [1.82, 2.24) is 0 Å². The van der Waals surface area contributed by atoms with E-state index in [1.165, 1.54) is 18.2 Å². The van der Waals surface area contributed by atoms with Gasteiger partial charge < -0.3 is 4.74 Å². The predicted molar refractivity (Wildman–Crippen MR) is 90.2 cm³/mol. The molecular weight excluding hydrogens is 491 g/mol. The van der Waals surface area contributed by atoms with Gasteiger partial charge in [-0.3, -0.25) is 0 Å². The minimum Gasteiger partial charge on any atom is -0.374 e. The molecule has 33 heavy (non-hydrogen) atoms. The number of hydrogen-bond acceptors (Lipinski definition) is 1. The molecule has 0 aliphatic heterocycles. The van der Waals surface area contributed by atoms with Gasteiger partial charge in [-0.1, -0.05) is 37.6 Å². The van der Waals surface area contributed by atoms with Crippen LogP contribution in [0.15, 0.2) is 24.3 Å². The number of methoxy groups -OCH3 is 1. The van der Waals surface area contributed by atoms with E-state index in [1.54, 1.807) is 6.92 Å². The van der Waals surface area contributed by atoms with Crippen molar-refractivity contribution in [3.8, 4) is 0 Å². The van der Waals surface area contributed by atoms with E-state index in [1.807, 2.05) is 0 Å².